The number of aliphatic hydroxyl groups excluding tert-OH is 1. The standard InChI is InChI=1S/C38H36ClN7O3/c1-24-28(5-4-6-32(24)44-38(48)34-9-7-25(20-42-34)21-46-16-12-27(47)22-46)29-11-13-41-33(30(29)19-40)10-8-26-17-35-36(18-31(26)39)49-37(43-35)23-45-14-2-3-15-45/h4-11,13,17-18,20,27,47H,2-3,12,14-16,21-23H2,1H3,(H,44,48)/b10-8+/t27-/m1/s1. The number of nitriles is 1. The van der Waals surface area contributed by atoms with Crippen LogP contribution in [0.15, 0.2) is 65.3 Å². The first-order chi connectivity index (χ1) is 23.8. The molecule has 1 atom stereocenters. The van der Waals surface area contributed by atoms with Crippen molar-refractivity contribution >= 4 is 46.4 Å². The minimum Gasteiger partial charge on any atom is -0.439 e. The van der Waals surface area contributed by atoms with Crippen LogP contribution in [0, 0.1) is 18.3 Å². The first-order valence-corrected chi connectivity index (χ1v) is 16.9. The fourth-order valence-electron chi connectivity index (χ4n) is 6.57. The van der Waals surface area contributed by atoms with Crippen LogP contribution in [0.25, 0.3) is 34.4 Å². The number of hydrogen-bond donors (Lipinski definition) is 2. The van der Waals surface area contributed by atoms with Gasteiger partial charge in [-0.15, -0.1) is 0 Å². The second-order valence-corrected chi connectivity index (χ2v) is 13.1. The van der Waals surface area contributed by atoms with Gasteiger partial charge in [0.2, 0.25) is 5.89 Å². The second kappa shape index (κ2) is 14.3. The van der Waals surface area contributed by atoms with Crippen LogP contribution in [0.3, 0.4) is 0 Å². The number of nitrogens with zero attached hydrogens (tertiary/aromatic N) is 6. The minimum atomic E-state index is -0.327. The monoisotopic (exact) mass is 673 g/mol. The van der Waals surface area contributed by atoms with E-state index in [9.17, 15) is 15.2 Å². The lowest BCUT2D eigenvalue weighted by atomic mass is 9.94. The molecule has 2 saturated heterocycles. The number of oxazole rings is 1. The number of pyridine rings is 2. The highest BCUT2D eigenvalue weighted by molar-refractivity contribution is 6.32. The molecule has 5 heterocycles. The molecule has 11 heteroatoms. The molecule has 0 unspecified atom stereocenters. The molecule has 0 radical (unpaired) electrons. The van der Waals surface area contributed by atoms with Gasteiger partial charge in [-0.1, -0.05) is 35.9 Å². The summed E-state index contributed by atoms with van der Waals surface area (Å²) in [4.78, 5) is 31.3. The highest BCUT2D eigenvalue weighted by Crippen LogP contribution is 2.33. The molecule has 3 aromatic heterocycles. The average molecular weight is 674 g/mol. The number of β-amino-alcohol motifs (C(OH)–C–C–N with tert-alkyl or cyclic N) is 1. The smallest absolute Gasteiger partial charge is 0.274 e. The van der Waals surface area contributed by atoms with Crippen LogP contribution in [0.1, 0.15) is 63.6 Å². The Balaban J connectivity index is 1.09. The Morgan fingerprint density at radius 1 is 1.08 bits per heavy atom. The van der Waals surface area contributed by atoms with E-state index in [1.165, 1.54) is 12.8 Å². The lowest BCUT2D eigenvalue weighted by Crippen LogP contribution is -2.21. The van der Waals surface area contributed by atoms with Crippen LogP contribution >= 0.6 is 11.6 Å². The summed E-state index contributed by atoms with van der Waals surface area (Å²) < 4.78 is 5.97. The van der Waals surface area contributed by atoms with Gasteiger partial charge in [-0.05, 0) is 91.9 Å². The summed E-state index contributed by atoms with van der Waals surface area (Å²) in [6.07, 6.45) is 9.87. The Morgan fingerprint density at radius 3 is 2.69 bits per heavy atom. The van der Waals surface area contributed by atoms with E-state index in [-0.39, 0.29) is 12.0 Å². The summed E-state index contributed by atoms with van der Waals surface area (Å²) in [6.45, 7) is 6.87. The fraction of sp³-hybridized carbons (Fsp3) is 0.289. The van der Waals surface area contributed by atoms with Crippen molar-refractivity contribution in [1.29, 1.82) is 5.26 Å². The molecule has 7 rings (SSSR count). The Hall–Kier alpha value is -4.92. The van der Waals surface area contributed by atoms with E-state index >= 15 is 0 Å². The first kappa shape index (κ1) is 32.6. The number of rotatable bonds is 9. The third-order valence-electron chi connectivity index (χ3n) is 9.20. The number of aliphatic hydroxyl groups is 1. The van der Waals surface area contributed by atoms with Gasteiger partial charge in [0.1, 0.15) is 17.3 Å². The van der Waals surface area contributed by atoms with Crippen molar-refractivity contribution in [3.8, 4) is 17.2 Å². The predicted molar refractivity (Wildman–Crippen MR) is 190 cm³/mol. The molecule has 2 N–H and O–H groups in total. The number of halogens is 1. The van der Waals surface area contributed by atoms with E-state index in [4.69, 9.17) is 21.0 Å². The second-order valence-electron chi connectivity index (χ2n) is 12.7. The van der Waals surface area contributed by atoms with Crippen LogP contribution in [-0.2, 0) is 13.1 Å². The van der Waals surface area contributed by atoms with Gasteiger partial charge >= 0.3 is 0 Å². The highest BCUT2D eigenvalue weighted by atomic mass is 35.5. The number of fused-ring (bicyclic) bond motifs is 1. The first-order valence-electron chi connectivity index (χ1n) is 16.5. The number of amides is 1. The molecule has 5 aromatic rings. The summed E-state index contributed by atoms with van der Waals surface area (Å²) in [7, 11) is 0. The number of likely N-dealkylation sites (tertiary alicyclic amines) is 2. The van der Waals surface area contributed by atoms with Crippen LogP contribution in [-0.4, -0.2) is 68.0 Å². The van der Waals surface area contributed by atoms with Gasteiger partial charge in [-0.3, -0.25) is 24.6 Å². The van der Waals surface area contributed by atoms with Crippen molar-refractivity contribution in [2.45, 2.75) is 45.4 Å². The third-order valence-corrected chi connectivity index (χ3v) is 9.53. The normalized spacial score (nSPS) is 16.9. The Kier molecular flexibility index (Phi) is 9.51. The maximum absolute atomic E-state index is 13.2. The van der Waals surface area contributed by atoms with E-state index in [1.54, 1.807) is 36.7 Å². The number of anilines is 1. The van der Waals surface area contributed by atoms with Crippen molar-refractivity contribution in [1.82, 2.24) is 24.8 Å². The summed E-state index contributed by atoms with van der Waals surface area (Å²) in [5, 5.41) is 23.6. The van der Waals surface area contributed by atoms with Crippen molar-refractivity contribution in [3.63, 3.8) is 0 Å². The Labute approximate surface area is 289 Å². The summed E-state index contributed by atoms with van der Waals surface area (Å²) in [5.41, 5.74) is 7.21. The highest BCUT2D eigenvalue weighted by Gasteiger charge is 2.21. The molecule has 0 spiro atoms. The predicted octanol–water partition coefficient (Wildman–Crippen LogP) is 6.70. The third kappa shape index (κ3) is 7.26. The quantitative estimate of drug-likeness (QED) is 0.175. The largest absolute Gasteiger partial charge is 0.439 e. The number of benzene rings is 2. The zero-order valence-electron chi connectivity index (χ0n) is 27.2. The molecular weight excluding hydrogens is 638 g/mol. The molecule has 2 aliphatic rings. The molecule has 0 aliphatic carbocycles. The molecule has 248 valence electrons. The van der Waals surface area contributed by atoms with E-state index in [1.807, 2.05) is 43.3 Å². The molecule has 10 nitrogen and oxygen atoms in total. The van der Waals surface area contributed by atoms with Crippen molar-refractivity contribution < 1.29 is 14.3 Å². The molecule has 0 bridgehead atoms. The summed E-state index contributed by atoms with van der Waals surface area (Å²) >= 11 is 6.64. The van der Waals surface area contributed by atoms with E-state index < -0.39 is 0 Å². The van der Waals surface area contributed by atoms with Gasteiger partial charge in [-0.25, -0.2) is 4.98 Å². The topological polar surface area (TPSA) is 131 Å². The summed E-state index contributed by atoms with van der Waals surface area (Å²) in [6, 6.07) is 17.0. The van der Waals surface area contributed by atoms with Crippen molar-refractivity contribution in [2.75, 3.05) is 31.5 Å². The summed E-state index contributed by atoms with van der Waals surface area (Å²) in [5.74, 6) is 0.347. The molecular formula is C38H36ClN7O3. The number of carbonyl (C=O) groups excluding carboxylic acids is 1. The average Bonchev–Trinajstić information content (AvgIpc) is 3.86. The lowest BCUT2D eigenvalue weighted by Gasteiger charge is -2.15. The lowest BCUT2D eigenvalue weighted by molar-refractivity contribution is 0.102. The van der Waals surface area contributed by atoms with Gasteiger partial charge in [0.25, 0.3) is 5.91 Å². The molecule has 1 amide bonds. The maximum atomic E-state index is 13.2. The maximum Gasteiger partial charge on any atom is 0.274 e. The van der Waals surface area contributed by atoms with E-state index in [0.29, 0.717) is 64.3 Å². The minimum absolute atomic E-state index is 0.282. The van der Waals surface area contributed by atoms with Gasteiger partial charge in [0.05, 0.1) is 28.9 Å². The van der Waals surface area contributed by atoms with Gasteiger partial charge in [0, 0.05) is 49.3 Å². The Morgan fingerprint density at radius 2 is 1.94 bits per heavy atom. The van der Waals surface area contributed by atoms with Gasteiger partial charge in [-0.2, -0.15) is 5.26 Å². The van der Waals surface area contributed by atoms with Crippen LogP contribution in [0.2, 0.25) is 5.02 Å². The zero-order valence-corrected chi connectivity index (χ0v) is 28.0. The molecule has 49 heavy (non-hydrogen) atoms. The zero-order chi connectivity index (χ0) is 33.9. The van der Waals surface area contributed by atoms with E-state index in [2.05, 4.69) is 31.2 Å². The Bertz CT molecular complexity index is 2080. The number of aromatic nitrogens is 3. The van der Waals surface area contributed by atoms with E-state index in [0.717, 1.165) is 53.8 Å². The molecule has 0 saturated carbocycles. The van der Waals surface area contributed by atoms with Crippen molar-refractivity contribution in [3.05, 3.63) is 105 Å². The molecule has 2 aliphatic heterocycles. The molecule has 2 aromatic carbocycles. The van der Waals surface area contributed by atoms with Crippen molar-refractivity contribution in [2.24, 2.45) is 0 Å². The van der Waals surface area contributed by atoms with Crippen LogP contribution < -0.4 is 5.32 Å². The number of hydrogen-bond acceptors (Lipinski definition) is 9. The molecule has 2 fully saturated rings. The number of nitrogens with one attached hydrogen (secondary N) is 1. The SMILES string of the molecule is Cc1c(NC(=O)c2ccc(CN3CC[C@@H](O)C3)cn2)cccc1-c1ccnc(/C=C/c2cc3nc(CN4CCCC4)oc3cc2Cl)c1C#N. The van der Waals surface area contributed by atoms with Gasteiger partial charge in [0.15, 0.2) is 5.58 Å². The van der Waals surface area contributed by atoms with Crippen LogP contribution in [0.5, 0.6) is 0 Å². The number of carbonyl (C=O) groups is 1. The van der Waals surface area contributed by atoms with Crippen LogP contribution in [0.4, 0.5) is 5.69 Å². The van der Waals surface area contributed by atoms with Gasteiger partial charge < -0.3 is 14.8 Å². The fourth-order valence-corrected chi connectivity index (χ4v) is 6.79.